The van der Waals surface area contributed by atoms with Gasteiger partial charge in [0, 0.05) is 16.3 Å². The van der Waals surface area contributed by atoms with E-state index in [9.17, 15) is 4.79 Å². The van der Waals surface area contributed by atoms with Crippen molar-refractivity contribution in [3.8, 4) is 0 Å². The number of amides is 1. The van der Waals surface area contributed by atoms with Crippen molar-refractivity contribution >= 4 is 33.4 Å². The zero-order valence-corrected chi connectivity index (χ0v) is 11.7. The van der Waals surface area contributed by atoms with Gasteiger partial charge < -0.3 is 5.32 Å². The molecule has 0 aromatic heterocycles. The first kappa shape index (κ1) is 13.5. The predicted octanol–water partition coefficient (Wildman–Crippen LogP) is 3.50. The summed E-state index contributed by atoms with van der Waals surface area (Å²) in [5.74, 6) is 0.184. The minimum Gasteiger partial charge on any atom is -0.349 e. The van der Waals surface area contributed by atoms with Crippen LogP contribution in [0.1, 0.15) is 25.5 Å². The third-order valence-corrected chi connectivity index (χ3v) is 3.40. The van der Waals surface area contributed by atoms with Gasteiger partial charge in [0.2, 0.25) is 5.91 Å². The summed E-state index contributed by atoms with van der Waals surface area (Å²) in [5, 5.41) is 2.93. The SMILES string of the molecule is CC(CCl)C(=O)N[C@H](C)c1ccc(Br)cc1. The van der Waals surface area contributed by atoms with Crippen molar-refractivity contribution in [1.29, 1.82) is 0 Å². The van der Waals surface area contributed by atoms with E-state index in [0.29, 0.717) is 5.88 Å². The Hall–Kier alpha value is -0.540. The van der Waals surface area contributed by atoms with E-state index in [-0.39, 0.29) is 17.9 Å². The van der Waals surface area contributed by atoms with E-state index in [1.807, 2.05) is 38.1 Å². The van der Waals surface area contributed by atoms with Crippen LogP contribution in [-0.4, -0.2) is 11.8 Å². The highest BCUT2D eigenvalue weighted by Gasteiger charge is 2.14. The van der Waals surface area contributed by atoms with Crippen LogP contribution >= 0.6 is 27.5 Å². The summed E-state index contributed by atoms with van der Waals surface area (Å²) < 4.78 is 1.03. The van der Waals surface area contributed by atoms with Gasteiger partial charge in [0.1, 0.15) is 0 Å². The van der Waals surface area contributed by atoms with Crippen LogP contribution in [0.15, 0.2) is 28.7 Å². The monoisotopic (exact) mass is 303 g/mol. The fourth-order valence-corrected chi connectivity index (χ4v) is 1.66. The van der Waals surface area contributed by atoms with Gasteiger partial charge in [-0.1, -0.05) is 35.0 Å². The molecule has 0 saturated heterocycles. The first-order chi connectivity index (χ1) is 7.54. The van der Waals surface area contributed by atoms with Gasteiger partial charge in [-0.2, -0.15) is 0 Å². The van der Waals surface area contributed by atoms with Gasteiger partial charge in [0.15, 0.2) is 0 Å². The number of hydrogen-bond donors (Lipinski definition) is 1. The molecule has 0 heterocycles. The van der Waals surface area contributed by atoms with Crippen molar-refractivity contribution in [1.82, 2.24) is 5.32 Å². The van der Waals surface area contributed by atoms with Crippen LogP contribution in [0.4, 0.5) is 0 Å². The molecule has 88 valence electrons. The molecule has 1 aromatic carbocycles. The van der Waals surface area contributed by atoms with Gasteiger partial charge in [0.25, 0.3) is 0 Å². The normalized spacial score (nSPS) is 14.2. The molecule has 0 fully saturated rings. The summed E-state index contributed by atoms with van der Waals surface area (Å²) in [6.45, 7) is 3.78. The van der Waals surface area contributed by atoms with Crippen molar-refractivity contribution in [2.75, 3.05) is 5.88 Å². The maximum atomic E-state index is 11.6. The lowest BCUT2D eigenvalue weighted by molar-refractivity contribution is -0.124. The third-order valence-electron chi connectivity index (χ3n) is 2.41. The predicted molar refractivity (Wildman–Crippen MR) is 70.6 cm³/mol. The summed E-state index contributed by atoms with van der Waals surface area (Å²) in [6, 6.07) is 7.90. The van der Waals surface area contributed by atoms with E-state index in [1.165, 1.54) is 0 Å². The molecule has 0 saturated carbocycles. The molecular formula is C12H15BrClNO. The number of hydrogen-bond acceptors (Lipinski definition) is 1. The fraction of sp³-hybridized carbons (Fsp3) is 0.417. The van der Waals surface area contributed by atoms with E-state index in [4.69, 9.17) is 11.6 Å². The van der Waals surface area contributed by atoms with E-state index in [2.05, 4.69) is 21.2 Å². The van der Waals surface area contributed by atoms with Crippen LogP contribution in [0.2, 0.25) is 0 Å². The Balaban J connectivity index is 2.62. The average Bonchev–Trinajstić information content (AvgIpc) is 2.28. The van der Waals surface area contributed by atoms with Gasteiger partial charge in [-0.25, -0.2) is 0 Å². The van der Waals surface area contributed by atoms with Crippen LogP contribution in [-0.2, 0) is 4.79 Å². The second-order valence-electron chi connectivity index (χ2n) is 3.84. The van der Waals surface area contributed by atoms with Crippen molar-refractivity contribution in [2.45, 2.75) is 19.9 Å². The molecule has 0 spiro atoms. The van der Waals surface area contributed by atoms with Gasteiger partial charge in [-0.3, -0.25) is 4.79 Å². The van der Waals surface area contributed by atoms with Crippen LogP contribution in [0.25, 0.3) is 0 Å². The van der Waals surface area contributed by atoms with E-state index < -0.39 is 0 Å². The Labute approximate surface area is 110 Å². The van der Waals surface area contributed by atoms with Gasteiger partial charge >= 0.3 is 0 Å². The third kappa shape index (κ3) is 3.80. The Kier molecular flexibility index (Phi) is 5.29. The molecule has 2 atom stereocenters. The molecule has 0 bridgehead atoms. The highest BCUT2D eigenvalue weighted by molar-refractivity contribution is 9.10. The van der Waals surface area contributed by atoms with Crippen LogP contribution in [0, 0.1) is 5.92 Å². The minimum atomic E-state index is -0.153. The summed E-state index contributed by atoms with van der Waals surface area (Å²) in [5.41, 5.74) is 1.08. The highest BCUT2D eigenvalue weighted by atomic mass is 79.9. The summed E-state index contributed by atoms with van der Waals surface area (Å²) in [6.07, 6.45) is 0. The highest BCUT2D eigenvalue weighted by Crippen LogP contribution is 2.16. The Bertz CT molecular complexity index is 353. The number of carbonyl (C=O) groups excluding carboxylic acids is 1. The molecule has 16 heavy (non-hydrogen) atoms. The number of rotatable bonds is 4. The number of halogens is 2. The Morgan fingerprint density at radius 3 is 2.44 bits per heavy atom. The maximum absolute atomic E-state index is 11.6. The van der Waals surface area contributed by atoms with Crippen molar-refractivity contribution < 1.29 is 4.79 Å². The summed E-state index contributed by atoms with van der Waals surface area (Å²) in [7, 11) is 0. The molecule has 0 aliphatic carbocycles. The number of nitrogens with one attached hydrogen (secondary N) is 1. The fourth-order valence-electron chi connectivity index (χ4n) is 1.26. The molecule has 1 aromatic rings. The van der Waals surface area contributed by atoms with Crippen molar-refractivity contribution in [2.24, 2.45) is 5.92 Å². The molecule has 0 aliphatic rings. The largest absolute Gasteiger partial charge is 0.349 e. The van der Waals surface area contributed by atoms with E-state index in [0.717, 1.165) is 10.0 Å². The Morgan fingerprint density at radius 1 is 1.38 bits per heavy atom. The topological polar surface area (TPSA) is 29.1 Å². The number of benzene rings is 1. The van der Waals surface area contributed by atoms with E-state index >= 15 is 0 Å². The second kappa shape index (κ2) is 6.26. The number of carbonyl (C=O) groups is 1. The first-order valence-corrected chi connectivity index (χ1v) is 6.49. The zero-order valence-electron chi connectivity index (χ0n) is 9.34. The molecule has 0 aliphatic heterocycles. The minimum absolute atomic E-state index is 0.00580. The number of alkyl halides is 1. The average molecular weight is 305 g/mol. The lowest BCUT2D eigenvalue weighted by Gasteiger charge is -2.16. The smallest absolute Gasteiger partial charge is 0.224 e. The standard InChI is InChI=1S/C12H15BrClNO/c1-8(7-14)12(16)15-9(2)10-3-5-11(13)6-4-10/h3-6,8-9H,7H2,1-2H3,(H,15,16)/t8?,9-/m1/s1. The molecule has 2 nitrogen and oxygen atoms in total. The van der Waals surface area contributed by atoms with Gasteiger partial charge in [-0.15, -0.1) is 11.6 Å². The lowest BCUT2D eigenvalue weighted by atomic mass is 10.1. The molecule has 1 rings (SSSR count). The van der Waals surface area contributed by atoms with Crippen molar-refractivity contribution in [3.63, 3.8) is 0 Å². The molecule has 4 heteroatoms. The van der Waals surface area contributed by atoms with E-state index in [1.54, 1.807) is 0 Å². The summed E-state index contributed by atoms with van der Waals surface area (Å²) >= 11 is 9.01. The van der Waals surface area contributed by atoms with Crippen LogP contribution in [0.3, 0.4) is 0 Å². The summed E-state index contributed by atoms with van der Waals surface area (Å²) in [4.78, 5) is 11.6. The molecule has 1 N–H and O–H groups in total. The van der Waals surface area contributed by atoms with Crippen LogP contribution in [0.5, 0.6) is 0 Å². The molecule has 0 radical (unpaired) electrons. The molecule has 1 unspecified atom stereocenters. The quantitative estimate of drug-likeness (QED) is 0.848. The zero-order chi connectivity index (χ0) is 12.1. The van der Waals surface area contributed by atoms with Crippen LogP contribution < -0.4 is 5.32 Å². The first-order valence-electron chi connectivity index (χ1n) is 5.16. The lowest BCUT2D eigenvalue weighted by Crippen LogP contribution is -2.32. The maximum Gasteiger partial charge on any atom is 0.224 e. The second-order valence-corrected chi connectivity index (χ2v) is 5.06. The Morgan fingerprint density at radius 2 is 1.94 bits per heavy atom. The van der Waals surface area contributed by atoms with Gasteiger partial charge in [-0.05, 0) is 24.6 Å². The molecular weight excluding hydrogens is 289 g/mol. The molecule has 1 amide bonds. The van der Waals surface area contributed by atoms with Crippen molar-refractivity contribution in [3.05, 3.63) is 34.3 Å². The van der Waals surface area contributed by atoms with Gasteiger partial charge in [0.05, 0.1) is 6.04 Å².